The standard InChI is InChI=1S/C16H27NO2/c1-5-14(13-8-6-7-9-15(13)18)17-11-16(4,19)10-12(2)3/h6-9,12,14,17-19H,5,10-11H2,1-4H3. The van der Waals surface area contributed by atoms with E-state index in [1.54, 1.807) is 6.07 Å². The van der Waals surface area contributed by atoms with Crippen LogP contribution in [0.25, 0.3) is 0 Å². The normalized spacial score (nSPS) is 16.3. The first kappa shape index (κ1) is 16.0. The number of rotatable bonds is 7. The summed E-state index contributed by atoms with van der Waals surface area (Å²) in [7, 11) is 0. The molecule has 0 amide bonds. The summed E-state index contributed by atoms with van der Waals surface area (Å²) < 4.78 is 0. The van der Waals surface area contributed by atoms with Gasteiger partial charge in [-0.15, -0.1) is 0 Å². The Balaban J connectivity index is 2.66. The van der Waals surface area contributed by atoms with Crippen LogP contribution in [0.4, 0.5) is 0 Å². The van der Waals surface area contributed by atoms with Gasteiger partial charge in [-0.2, -0.15) is 0 Å². The molecular formula is C16H27NO2. The second-order valence-electron chi connectivity index (χ2n) is 6.00. The highest BCUT2D eigenvalue weighted by atomic mass is 16.3. The lowest BCUT2D eigenvalue weighted by Crippen LogP contribution is -2.40. The Morgan fingerprint density at radius 1 is 1.26 bits per heavy atom. The van der Waals surface area contributed by atoms with Crippen LogP contribution < -0.4 is 5.32 Å². The molecule has 19 heavy (non-hydrogen) atoms. The van der Waals surface area contributed by atoms with Crippen LogP contribution in [0, 0.1) is 5.92 Å². The molecular weight excluding hydrogens is 238 g/mol. The number of phenols is 1. The van der Waals surface area contributed by atoms with Crippen LogP contribution in [0.2, 0.25) is 0 Å². The first-order valence-electron chi connectivity index (χ1n) is 7.09. The van der Waals surface area contributed by atoms with Gasteiger partial charge in [0.25, 0.3) is 0 Å². The van der Waals surface area contributed by atoms with Gasteiger partial charge in [0, 0.05) is 18.2 Å². The van der Waals surface area contributed by atoms with Crippen molar-refractivity contribution in [2.45, 2.75) is 52.2 Å². The van der Waals surface area contributed by atoms with Gasteiger partial charge < -0.3 is 15.5 Å². The van der Waals surface area contributed by atoms with Crippen molar-refractivity contribution >= 4 is 0 Å². The predicted octanol–water partition coefficient (Wildman–Crippen LogP) is 3.23. The molecule has 0 aliphatic carbocycles. The lowest BCUT2D eigenvalue weighted by Gasteiger charge is -2.28. The number of hydrogen-bond donors (Lipinski definition) is 3. The molecule has 0 aliphatic rings. The van der Waals surface area contributed by atoms with Crippen LogP contribution in [0.15, 0.2) is 24.3 Å². The van der Waals surface area contributed by atoms with Crippen LogP contribution in [0.1, 0.15) is 52.1 Å². The Morgan fingerprint density at radius 2 is 1.89 bits per heavy atom. The van der Waals surface area contributed by atoms with Crippen molar-refractivity contribution in [3.63, 3.8) is 0 Å². The van der Waals surface area contributed by atoms with Gasteiger partial charge in [-0.25, -0.2) is 0 Å². The van der Waals surface area contributed by atoms with E-state index in [0.29, 0.717) is 18.2 Å². The molecule has 1 aromatic carbocycles. The minimum absolute atomic E-state index is 0.0693. The third-order valence-corrected chi connectivity index (χ3v) is 3.30. The molecule has 2 atom stereocenters. The highest BCUT2D eigenvalue weighted by Gasteiger charge is 2.23. The number of para-hydroxylation sites is 1. The van der Waals surface area contributed by atoms with Crippen LogP contribution in [0.3, 0.4) is 0 Å². The lowest BCUT2D eigenvalue weighted by molar-refractivity contribution is 0.0356. The van der Waals surface area contributed by atoms with E-state index in [9.17, 15) is 10.2 Å². The van der Waals surface area contributed by atoms with Crippen molar-refractivity contribution in [3.05, 3.63) is 29.8 Å². The summed E-state index contributed by atoms with van der Waals surface area (Å²) >= 11 is 0. The lowest BCUT2D eigenvalue weighted by atomic mass is 9.93. The fraction of sp³-hybridized carbons (Fsp3) is 0.625. The second-order valence-corrected chi connectivity index (χ2v) is 6.00. The Morgan fingerprint density at radius 3 is 2.42 bits per heavy atom. The van der Waals surface area contributed by atoms with Gasteiger partial charge in [0.2, 0.25) is 0 Å². The van der Waals surface area contributed by atoms with Gasteiger partial charge >= 0.3 is 0 Å². The third kappa shape index (κ3) is 5.21. The molecule has 0 saturated heterocycles. The maximum Gasteiger partial charge on any atom is 0.120 e. The van der Waals surface area contributed by atoms with Crippen molar-refractivity contribution in [1.29, 1.82) is 0 Å². The zero-order chi connectivity index (χ0) is 14.5. The van der Waals surface area contributed by atoms with Gasteiger partial charge in [-0.1, -0.05) is 39.0 Å². The molecule has 0 spiro atoms. The molecule has 0 aromatic heterocycles. The van der Waals surface area contributed by atoms with Crippen molar-refractivity contribution in [2.75, 3.05) is 6.54 Å². The van der Waals surface area contributed by atoms with E-state index in [2.05, 4.69) is 26.1 Å². The Hall–Kier alpha value is -1.06. The van der Waals surface area contributed by atoms with Gasteiger partial charge in [0.05, 0.1) is 5.60 Å². The summed E-state index contributed by atoms with van der Waals surface area (Å²) in [6.07, 6.45) is 1.63. The zero-order valence-electron chi connectivity index (χ0n) is 12.5. The summed E-state index contributed by atoms with van der Waals surface area (Å²) in [5, 5.41) is 23.6. The highest BCUT2D eigenvalue weighted by molar-refractivity contribution is 5.34. The molecule has 0 aliphatic heterocycles. The van der Waals surface area contributed by atoms with E-state index in [4.69, 9.17) is 0 Å². The van der Waals surface area contributed by atoms with E-state index < -0.39 is 5.60 Å². The van der Waals surface area contributed by atoms with Crippen molar-refractivity contribution in [2.24, 2.45) is 5.92 Å². The summed E-state index contributed by atoms with van der Waals surface area (Å²) in [6.45, 7) is 8.67. The SMILES string of the molecule is CCC(NCC(C)(O)CC(C)C)c1ccccc1O. The van der Waals surface area contributed by atoms with E-state index in [0.717, 1.165) is 18.4 Å². The third-order valence-electron chi connectivity index (χ3n) is 3.30. The number of aliphatic hydroxyl groups is 1. The van der Waals surface area contributed by atoms with Crippen LogP contribution >= 0.6 is 0 Å². The summed E-state index contributed by atoms with van der Waals surface area (Å²) in [4.78, 5) is 0. The topological polar surface area (TPSA) is 52.5 Å². The van der Waals surface area contributed by atoms with Gasteiger partial charge in [-0.05, 0) is 31.7 Å². The summed E-state index contributed by atoms with van der Waals surface area (Å²) in [5.41, 5.74) is 0.178. The molecule has 1 rings (SSSR count). The van der Waals surface area contributed by atoms with Crippen LogP contribution in [0.5, 0.6) is 5.75 Å². The van der Waals surface area contributed by atoms with Gasteiger partial charge in [0.15, 0.2) is 0 Å². The van der Waals surface area contributed by atoms with Crippen LogP contribution in [-0.2, 0) is 0 Å². The summed E-state index contributed by atoms with van der Waals surface area (Å²) in [6, 6.07) is 7.44. The average molecular weight is 265 g/mol. The summed E-state index contributed by atoms with van der Waals surface area (Å²) in [5.74, 6) is 0.771. The maximum atomic E-state index is 10.3. The smallest absolute Gasteiger partial charge is 0.120 e. The number of benzene rings is 1. The Kier molecular flexibility index (Phi) is 5.83. The zero-order valence-corrected chi connectivity index (χ0v) is 12.5. The van der Waals surface area contributed by atoms with E-state index in [-0.39, 0.29) is 6.04 Å². The van der Waals surface area contributed by atoms with E-state index in [1.807, 2.05) is 25.1 Å². The molecule has 0 fully saturated rings. The predicted molar refractivity (Wildman–Crippen MR) is 79.2 cm³/mol. The largest absolute Gasteiger partial charge is 0.508 e. The molecule has 3 N–H and O–H groups in total. The molecule has 3 heteroatoms. The molecule has 1 aromatic rings. The van der Waals surface area contributed by atoms with Crippen molar-refractivity contribution in [3.8, 4) is 5.75 Å². The first-order valence-corrected chi connectivity index (χ1v) is 7.09. The highest BCUT2D eigenvalue weighted by Crippen LogP contribution is 2.26. The minimum Gasteiger partial charge on any atom is -0.508 e. The number of hydrogen-bond acceptors (Lipinski definition) is 3. The van der Waals surface area contributed by atoms with Crippen LogP contribution in [-0.4, -0.2) is 22.4 Å². The number of phenolic OH excluding ortho intramolecular Hbond substituents is 1. The van der Waals surface area contributed by atoms with E-state index in [1.165, 1.54) is 0 Å². The molecule has 0 heterocycles. The monoisotopic (exact) mass is 265 g/mol. The number of aromatic hydroxyl groups is 1. The molecule has 3 nitrogen and oxygen atoms in total. The van der Waals surface area contributed by atoms with Crippen molar-refractivity contribution < 1.29 is 10.2 Å². The molecule has 2 unspecified atom stereocenters. The fourth-order valence-electron chi connectivity index (χ4n) is 2.55. The first-order chi connectivity index (χ1) is 8.85. The average Bonchev–Trinajstić information content (AvgIpc) is 2.30. The van der Waals surface area contributed by atoms with Gasteiger partial charge in [-0.3, -0.25) is 0 Å². The van der Waals surface area contributed by atoms with Crippen molar-refractivity contribution in [1.82, 2.24) is 5.32 Å². The molecule has 0 radical (unpaired) electrons. The Labute approximate surface area is 116 Å². The quantitative estimate of drug-likeness (QED) is 0.709. The number of nitrogens with one attached hydrogen (secondary N) is 1. The van der Waals surface area contributed by atoms with Gasteiger partial charge in [0.1, 0.15) is 5.75 Å². The molecule has 0 bridgehead atoms. The molecule has 0 saturated carbocycles. The fourth-order valence-corrected chi connectivity index (χ4v) is 2.55. The molecule has 108 valence electrons. The Bertz CT molecular complexity index is 388. The minimum atomic E-state index is -0.716. The van der Waals surface area contributed by atoms with E-state index >= 15 is 0 Å². The second kappa shape index (κ2) is 6.92. The maximum absolute atomic E-state index is 10.3.